The van der Waals surface area contributed by atoms with Gasteiger partial charge in [0.2, 0.25) is 0 Å². The lowest BCUT2D eigenvalue weighted by Gasteiger charge is -2.33. The number of likely N-dealkylation sites (N-methyl/N-ethyl adjacent to an activating group) is 1. The van der Waals surface area contributed by atoms with Crippen molar-refractivity contribution < 1.29 is 13.2 Å². The van der Waals surface area contributed by atoms with Crippen molar-refractivity contribution in [2.24, 2.45) is 0 Å². The third kappa shape index (κ3) is 3.65. The number of nitrogens with zero attached hydrogens (tertiary/aromatic N) is 6. The average molecular weight is 364 g/mol. The van der Waals surface area contributed by atoms with Crippen molar-refractivity contribution in [3.05, 3.63) is 29.6 Å². The summed E-state index contributed by atoms with van der Waals surface area (Å²) in [6, 6.07) is 2.63. The molecule has 1 saturated heterocycles. The molecule has 2 aromatic heterocycles. The van der Waals surface area contributed by atoms with Gasteiger partial charge in [0.05, 0.1) is 24.0 Å². The van der Waals surface area contributed by atoms with Crippen LogP contribution in [0.2, 0.25) is 0 Å². The molecule has 0 amide bonds. The zero-order valence-electron chi connectivity index (χ0n) is 14.6. The van der Waals surface area contributed by atoms with Crippen molar-refractivity contribution in [1.29, 1.82) is 5.26 Å². The number of anilines is 1. The Hall–Kier alpha value is -2.60. The van der Waals surface area contributed by atoms with Gasteiger partial charge in [-0.15, -0.1) is 0 Å². The Labute approximate surface area is 149 Å². The van der Waals surface area contributed by atoms with Crippen LogP contribution in [0, 0.1) is 11.3 Å². The van der Waals surface area contributed by atoms with E-state index in [4.69, 9.17) is 0 Å². The molecule has 1 fully saturated rings. The molecule has 2 aromatic rings. The van der Waals surface area contributed by atoms with Crippen LogP contribution in [0.5, 0.6) is 0 Å². The summed E-state index contributed by atoms with van der Waals surface area (Å²) in [7, 11) is 3.86. The van der Waals surface area contributed by atoms with Gasteiger partial charge in [0.25, 0.3) is 0 Å². The molecule has 0 unspecified atom stereocenters. The fraction of sp³-hybridized carbons (Fsp3) is 0.471. The molecule has 0 spiro atoms. The summed E-state index contributed by atoms with van der Waals surface area (Å²) in [6.45, 7) is 2.58. The van der Waals surface area contributed by atoms with E-state index in [1.165, 1.54) is 6.20 Å². The molecule has 1 aliphatic heterocycles. The van der Waals surface area contributed by atoms with Crippen LogP contribution >= 0.6 is 0 Å². The number of pyridine rings is 1. The minimum absolute atomic E-state index is 0.101. The lowest BCUT2D eigenvalue weighted by molar-refractivity contribution is -0.137. The summed E-state index contributed by atoms with van der Waals surface area (Å²) in [5.74, 6) is 0.101. The van der Waals surface area contributed by atoms with Crippen molar-refractivity contribution in [3.8, 4) is 17.3 Å². The average Bonchev–Trinajstić information content (AvgIpc) is 2.98. The van der Waals surface area contributed by atoms with E-state index in [-0.39, 0.29) is 11.5 Å². The van der Waals surface area contributed by atoms with Gasteiger partial charge < -0.3 is 9.80 Å². The van der Waals surface area contributed by atoms with Crippen LogP contribution in [-0.2, 0) is 12.7 Å². The number of alkyl halides is 3. The summed E-state index contributed by atoms with van der Waals surface area (Å²) in [4.78, 5) is 8.05. The second-order valence-electron chi connectivity index (χ2n) is 6.50. The highest BCUT2D eigenvalue weighted by Gasteiger charge is 2.37. The molecule has 3 heterocycles. The Kier molecular flexibility index (Phi) is 4.87. The Morgan fingerprint density at radius 2 is 2.04 bits per heavy atom. The smallest absolute Gasteiger partial charge is 0.355 e. The van der Waals surface area contributed by atoms with Crippen molar-refractivity contribution in [2.45, 2.75) is 19.1 Å². The summed E-state index contributed by atoms with van der Waals surface area (Å²) < 4.78 is 42.1. The molecule has 3 rings (SSSR count). The van der Waals surface area contributed by atoms with Gasteiger partial charge >= 0.3 is 6.18 Å². The maximum atomic E-state index is 13.5. The van der Waals surface area contributed by atoms with Gasteiger partial charge in [-0.05, 0) is 26.6 Å². The third-order valence-electron chi connectivity index (χ3n) is 4.28. The van der Waals surface area contributed by atoms with Crippen molar-refractivity contribution in [2.75, 3.05) is 38.6 Å². The molecular weight excluding hydrogens is 345 g/mol. The van der Waals surface area contributed by atoms with E-state index in [0.29, 0.717) is 25.2 Å². The fourth-order valence-corrected chi connectivity index (χ4v) is 2.69. The predicted octanol–water partition coefficient (Wildman–Crippen LogP) is 2.61. The van der Waals surface area contributed by atoms with E-state index in [1.54, 1.807) is 21.8 Å². The van der Waals surface area contributed by atoms with E-state index in [2.05, 4.69) is 10.1 Å². The normalized spacial score (nSPS) is 14.4. The number of aromatic nitrogens is 3. The van der Waals surface area contributed by atoms with Gasteiger partial charge in [-0.3, -0.25) is 4.68 Å². The Morgan fingerprint density at radius 3 is 2.58 bits per heavy atom. The molecule has 6 nitrogen and oxygen atoms in total. The second-order valence-corrected chi connectivity index (χ2v) is 6.50. The number of hydrogen-bond donors (Lipinski definition) is 0. The largest absolute Gasteiger partial charge is 0.417 e. The van der Waals surface area contributed by atoms with Crippen LogP contribution < -0.4 is 4.90 Å². The van der Waals surface area contributed by atoms with E-state index in [9.17, 15) is 18.4 Å². The van der Waals surface area contributed by atoms with E-state index < -0.39 is 17.3 Å². The van der Waals surface area contributed by atoms with Crippen LogP contribution in [0.1, 0.15) is 17.5 Å². The SMILES string of the molecule is CN(C)CCn1cc(-c2cc(C(F)(F)F)c(C#N)c(N3CCC3)n2)cn1. The van der Waals surface area contributed by atoms with Gasteiger partial charge in [-0.2, -0.15) is 23.5 Å². The van der Waals surface area contributed by atoms with Crippen LogP contribution in [0.4, 0.5) is 19.0 Å². The summed E-state index contributed by atoms with van der Waals surface area (Å²) in [6.07, 6.45) is -0.564. The highest BCUT2D eigenvalue weighted by Crippen LogP contribution is 2.38. The van der Waals surface area contributed by atoms with Crippen molar-refractivity contribution in [3.63, 3.8) is 0 Å². The number of rotatable bonds is 5. The molecule has 0 N–H and O–H groups in total. The van der Waals surface area contributed by atoms with Gasteiger partial charge in [-0.25, -0.2) is 4.98 Å². The van der Waals surface area contributed by atoms with Gasteiger partial charge in [0, 0.05) is 31.4 Å². The first-order chi connectivity index (χ1) is 12.3. The lowest BCUT2D eigenvalue weighted by atomic mass is 10.0. The van der Waals surface area contributed by atoms with Crippen LogP contribution in [0.15, 0.2) is 18.5 Å². The molecule has 1 aliphatic rings. The highest BCUT2D eigenvalue weighted by atomic mass is 19.4. The molecule has 0 aliphatic carbocycles. The molecule has 0 aromatic carbocycles. The van der Waals surface area contributed by atoms with Gasteiger partial charge in [0.1, 0.15) is 17.5 Å². The molecule has 138 valence electrons. The zero-order valence-corrected chi connectivity index (χ0v) is 14.6. The summed E-state index contributed by atoms with van der Waals surface area (Å²) in [5, 5.41) is 13.5. The molecule has 26 heavy (non-hydrogen) atoms. The fourth-order valence-electron chi connectivity index (χ4n) is 2.69. The molecule has 0 radical (unpaired) electrons. The molecule has 0 atom stereocenters. The summed E-state index contributed by atoms with van der Waals surface area (Å²) in [5.41, 5.74) is -0.691. The van der Waals surface area contributed by atoms with Crippen molar-refractivity contribution in [1.82, 2.24) is 19.7 Å². The maximum absolute atomic E-state index is 13.5. The van der Waals surface area contributed by atoms with Crippen LogP contribution in [0.3, 0.4) is 0 Å². The van der Waals surface area contributed by atoms with Gasteiger partial charge in [0.15, 0.2) is 0 Å². The standard InChI is InChI=1S/C17H19F3N6/c1-24(2)6-7-26-11-12(10-22-26)15-8-14(17(18,19)20)13(9-21)16(23-15)25-4-3-5-25/h8,10-11H,3-7H2,1-2H3. The van der Waals surface area contributed by atoms with Gasteiger partial charge in [-0.1, -0.05) is 0 Å². The number of hydrogen-bond acceptors (Lipinski definition) is 5. The minimum atomic E-state index is -4.62. The van der Waals surface area contributed by atoms with E-state index in [0.717, 1.165) is 19.0 Å². The Bertz CT molecular complexity index is 830. The van der Waals surface area contributed by atoms with Crippen LogP contribution in [-0.4, -0.2) is 53.4 Å². The maximum Gasteiger partial charge on any atom is 0.417 e. The Morgan fingerprint density at radius 1 is 1.31 bits per heavy atom. The molecule has 9 heteroatoms. The quantitative estimate of drug-likeness (QED) is 0.816. The van der Waals surface area contributed by atoms with E-state index >= 15 is 0 Å². The third-order valence-corrected chi connectivity index (χ3v) is 4.28. The first-order valence-electron chi connectivity index (χ1n) is 8.24. The molecule has 0 bridgehead atoms. The minimum Gasteiger partial charge on any atom is -0.355 e. The first kappa shape index (κ1) is 18.2. The predicted molar refractivity (Wildman–Crippen MR) is 90.6 cm³/mol. The number of halogens is 3. The topological polar surface area (TPSA) is 61.0 Å². The lowest BCUT2D eigenvalue weighted by Crippen LogP contribution is -2.38. The second kappa shape index (κ2) is 6.96. The molecule has 0 saturated carbocycles. The van der Waals surface area contributed by atoms with Crippen molar-refractivity contribution >= 4 is 5.82 Å². The molecular formula is C17H19F3N6. The first-order valence-corrected chi connectivity index (χ1v) is 8.24. The van der Waals surface area contributed by atoms with E-state index in [1.807, 2.05) is 19.0 Å². The van der Waals surface area contributed by atoms with Crippen LogP contribution in [0.25, 0.3) is 11.3 Å². The monoisotopic (exact) mass is 364 g/mol. The zero-order chi connectivity index (χ0) is 18.9. The highest BCUT2D eigenvalue weighted by molar-refractivity contribution is 5.68. The Balaban J connectivity index is 2.03. The summed E-state index contributed by atoms with van der Waals surface area (Å²) >= 11 is 0. The number of nitriles is 1.